The van der Waals surface area contributed by atoms with Gasteiger partial charge >= 0.3 is 5.97 Å². The Labute approximate surface area is 168 Å². The van der Waals surface area contributed by atoms with Gasteiger partial charge in [0, 0.05) is 0 Å². The highest BCUT2D eigenvalue weighted by Gasteiger charge is 2.18. The molecule has 3 heteroatoms. The first-order valence-corrected chi connectivity index (χ1v) is 11.0. The fraction of sp³-hybridized carbons (Fsp3) is 0.792. The van der Waals surface area contributed by atoms with Crippen LogP contribution in [-0.2, 0) is 9.53 Å². The summed E-state index contributed by atoms with van der Waals surface area (Å²) in [5.74, 6) is -0.308. The van der Waals surface area contributed by atoms with Gasteiger partial charge in [-0.15, -0.1) is 0 Å². The zero-order valence-corrected chi connectivity index (χ0v) is 18.3. The summed E-state index contributed by atoms with van der Waals surface area (Å²) in [6.45, 7) is 7.77. The van der Waals surface area contributed by atoms with Gasteiger partial charge in [0.2, 0.25) is 0 Å². The molecule has 0 spiro atoms. The number of aliphatic hydroxyl groups excluding tert-OH is 1. The molecule has 0 amide bonds. The van der Waals surface area contributed by atoms with Gasteiger partial charge < -0.3 is 9.84 Å². The van der Waals surface area contributed by atoms with E-state index in [4.69, 9.17) is 4.74 Å². The number of hydrogen-bond donors (Lipinski definition) is 1. The van der Waals surface area contributed by atoms with Crippen molar-refractivity contribution in [1.29, 1.82) is 0 Å². The molecule has 0 aromatic heterocycles. The fourth-order valence-electron chi connectivity index (χ4n) is 2.87. The zero-order chi connectivity index (χ0) is 20.4. The van der Waals surface area contributed by atoms with E-state index in [9.17, 15) is 9.90 Å². The molecular weight excluding hydrogens is 336 g/mol. The smallest absolute Gasteiger partial charge is 0.308 e. The Bertz CT molecular complexity index is 404. The van der Waals surface area contributed by atoms with Crippen LogP contribution in [0.15, 0.2) is 24.3 Å². The predicted octanol–water partition coefficient (Wildman–Crippen LogP) is 6.89. The number of aliphatic hydroxyl groups is 1. The van der Waals surface area contributed by atoms with Crippen molar-refractivity contribution in [2.45, 2.75) is 123 Å². The predicted molar refractivity (Wildman–Crippen MR) is 116 cm³/mol. The zero-order valence-electron chi connectivity index (χ0n) is 18.3. The largest absolute Gasteiger partial charge is 0.460 e. The minimum atomic E-state index is -0.571. The number of ether oxygens (including phenoxy) is 1. The maximum Gasteiger partial charge on any atom is 0.308 e. The molecule has 1 atom stereocenters. The summed E-state index contributed by atoms with van der Waals surface area (Å²) < 4.78 is 5.23. The van der Waals surface area contributed by atoms with E-state index >= 15 is 0 Å². The normalized spacial score (nSPS) is 13.5. The van der Waals surface area contributed by atoms with Crippen LogP contribution < -0.4 is 0 Å². The van der Waals surface area contributed by atoms with Crippen molar-refractivity contribution in [2.24, 2.45) is 0 Å². The van der Waals surface area contributed by atoms with Crippen LogP contribution in [0.25, 0.3) is 0 Å². The van der Waals surface area contributed by atoms with Gasteiger partial charge in [-0.2, -0.15) is 0 Å². The average molecular weight is 381 g/mol. The molecule has 0 aliphatic rings. The van der Waals surface area contributed by atoms with Crippen molar-refractivity contribution >= 4 is 5.97 Å². The van der Waals surface area contributed by atoms with Crippen LogP contribution in [0.3, 0.4) is 0 Å². The molecule has 0 unspecified atom stereocenters. The summed E-state index contributed by atoms with van der Waals surface area (Å²) in [5.41, 5.74) is -0.476. The third-order valence-electron chi connectivity index (χ3n) is 4.31. The molecular formula is C24H44O3. The molecule has 27 heavy (non-hydrogen) atoms. The third kappa shape index (κ3) is 21.1. The number of unbranched alkanes of at least 4 members (excludes halogenated alkanes) is 8. The topological polar surface area (TPSA) is 46.5 Å². The lowest BCUT2D eigenvalue weighted by Crippen LogP contribution is -2.26. The van der Waals surface area contributed by atoms with Gasteiger partial charge in [0.25, 0.3) is 0 Å². The lowest BCUT2D eigenvalue weighted by molar-refractivity contribution is -0.157. The van der Waals surface area contributed by atoms with Gasteiger partial charge in [0.15, 0.2) is 0 Å². The van der Waals surface area contributed by atoms with Crippen molar-refractivity contribution in [1.82, 2.24) is 0 Å². The second-order valence-electron chi connectivity index (χ2n) is 8.46. The van der Waals surface area contributed by atoms with E-state index in [0.717, 1.165) is 25.7 Å². The van der Waals surface area contributed by atoms with Gasteiger partial charge in [-0.3, -0.25) is 4.79 Å². The quantitative estimate of drug-likeness (QED) is 0.180. The molecule has 0 saturated carbocycles. The highest BCUT2D eigenvalue weighted by atomic mass is 16.6. The maximum atomic E-state index is 11.6. The molecule has 0 rings (SSSR count). The fourth-order valence-corrected chi connectivity index (χ4v) is 2.87. The highest BCUT2D eigenvalue weighted by molar-refractivity contribution is 5.70. The van der Waals surface area contributed by atoms with E-state index in [2.05, 4.69) is 31.2 Å². The molecule has 0 saturated heterocycles. The summed E-state index contributed by atoms with van der Waals surface area (Å²) in [6, 6.07) is 0. The van der Waals surface area contributed by atoms with Gasteiger partial charge in [-0.25, -0.2) is 0 Å². The second-order valence-corrected chi connectivity index (χ2v) is 8.46. The SMILES string of the molecule is CCCCCC=CCC=CCCCCCCC[C@@H](O)CC(=O)OC(C)(C)C. The van der Waals surface area contributed by atoms with Crippen LogP contribution in [0.2, 0.25) is 0 Å². The first kappa shape index (κ1) is 25.9. The van der Waals surface area contributed by atoms with Crippen molar-refractivity contribution in [3.8, 4) is 0 Å². The van der Waals surface area contributed by atoms with Crippen LogP contribution >= 0.6 is 0 Å². The van der Waals surface area contributed by atoms with Crippen LogP contribution in [0, 0.1) is 0 Å². The molecule has 0 fully saturated rings. The molecule has 0 heterocycles. The summed E-state index contributed by atoms with van der Waals surface area (Å²) in [5, 5.41) is 9.90. The molecule has 0 aromatic carbocycles. The Morgan fingerprint density at radius 3 is 2.04 bits per heavy atom. The summed E-state index contributed by atoms with van der Waals surface area (Å²) in [4.78, 5) is 11.6. The third-order valence-corrected chi connectivity index (χ3v) is 4.31. The lowest BCUT2D eigenvalue weighted by atomic mass is 10.1. The van der Waals surface area contributed by atoms with E-state index < -0.39 is 11.7 Å². The van der Waals surface area contributed by atoms with E-state index in [-0.39, 0.29) is 12.4 Å². The van der Waals surface area contributed by atoms with Crippen LogP contribution in [0.4, 0.5) is 0 Å². The molecule has 0 bridgehead atoms. The Hall–Kier alpha value is -1.09. The number of carbonyl (C=O) groups is 1. The average Bonchev–Trinajstić information content (AvgIpc) is 2.56. The van der Waals surface area contributed by atoms with Crippen LogP contribution in [0.5, 0.6) is 0 Å². The molecule has 0 aliphatic carbocycles. The van der Waals surface area contributed by atoms with Crippen molar-refractivity contribution in [2.75, 3.05) is 0 Å². The van der Waals surface area contributed by atoms with Crippen molar-refractivity contribution in [3.63, 3.8) is 0 Å². The minimum absolute atomic E-state index is 0.106. The maximum absolute atomic E-state index is 11.6. The van der Waals surface area contributed by atoms with Crippen LogP contribution in [0.1, 0.15) is 111 Å². The Balaban J connectivity index is 3.44. The summed E-state index contributed by atoms with van der Waals surface area (Å²) in [7, 11) is 0. The monoisotopic (exact) mass is 380 g/mol. The molecule has 158 valence electrons. The van der Waals surface area contributed by atoms with Gasteiger partial charge in [0.05, 0.1) is 12.5 Å². The minimum Gasteiger partial charge on any atom is -0.460 e. The van der Waals surface area contributed by atoms with E-state index in [1.807, 2.05) is 20.8 Å². The molecule has 0 aliphatic heterocycles. The van der Waals surface area contributed by atoms with E-state index in [0.29, 0.717) is 6.42 Å². The highest BCUT2D eigenvalue weighted by Crippen LogP contribution is 2.13. The number of rotatable bonds is 16. The standard InChI is InChI=1S/C24H44O3/c1-5-6-7-8-9-10-11-12-13-14-15-16-17-18-19-20-22(25)21-23(26)27-24(2,3)4/h9-10,12-13,22,25H,5-8,11,14-21H2,1-4H3/t22-/m1/s1. The molecule has 0 radical (unpaired) electrons. The lowest BCUT2D eigenvalue weighted by Gasteiger charge is -2.20. The Kier molecular flexibility index (Phi) is 16.4. The van der Waals surface area contributed by atoms with Gasteiger partial charge in [-0.1, -0.05) is 69.8 Å². The van der Waals surface area contributed by atoms with Crippen molar-refractivity contribution < 1.29 is 14.6 Å². The number of hydrogen-bond acceptors (Lipinski definition) is 3. The number of esters is 1. The van der Waals surface area contributed by atoms with Crippen LogP contribution in [-0.4, -0.2) is 22.8 Å². The van der Waals surface area contributed by atoms with Gasteiger partial charge in [0.1, 0.15) is 5.60 Å². The molecule has 3 nitrogen and oxygen atoms in total. The van der Waals surface area contributed by atoms with Crippen molar-refractivity contribution in [3.05, 3.63) is 24.3 Å². The Morgan fingerprint density at radius 2 is 1.44 bits per heavy atom. The summed E-state index contributed by atoms with van der Waals surface area (Å²) >= 11 is 0. The first-order chi connectivity index (χ1) is 12.8. The van der Waals surface area contributed by atoms with E-state index in [1.54, 1.807) is 0 Å². The molecule has 1 N–H and O–H groups in total. The second kappa shape index (κ2) is 17.0. The Morgan fingerprint density at radius 1 is 0.889 bits per heavy atom. The molecule has 0 aromatic rings. The number of allylic oxidation sites excluding steroid dienone is 4. The van der Waals surface area contributed by atoms with E-state index in [1.165, 1.54) is 44.9 Å². The van der Waals surface area contributed by atoms with Gasteiger partial charge in [-0.05, 0) is 59.3 Å². The summed E-state index contributed by atoms with van der Waals surface area (Å²) in [6.07, 6.45) is 22.5. The number of carbonyl (C=O) groups excluding carboxylic acids is 1. The first-order valence-electron chi connectivity index (χ1n) is 11.0.